The molecule has 1 aliphatic rings. The van der Waals surface area contributed by atoms with Crippen molar-refractivity contribution in [1.29, 1.82) is 0 Å². The van der Waals surface area contributed by atoms with Crippen LogP contribution in [-0.4, -0.2) is 42.5 Å². The van der Waals surface area contributed by atoms with E-state index in [1.807, 2.05) is 18.2 Å². The van der Waals surface area contributed by atoms with Gasteiger partial charge >= 0.3 is 0 Å². The Morgan fingerprint density at radius 2 is 1.52 bits per heavy atom. The first-order chi connectivity index (χ1) is 13.3. The van der Waals surface area contributed by atoms with Gasteiger partial charge in [0.1, 0.15) is 12.4 Å². The Balaban J connectivity index is 1.42. The second-order valence-corrected chi connectivity index (χ2v) is 7.60. The van der Waals surface area contributed by atoms with Gasteiger partial charge in [0.15, 0.2) is 0 Å². The molecule has 3 rings (SSSR count). The number of nitrogens with zero attached hydrogens (tertiary/aromatic N) is 2. The van der Waals surface area contributed by atoms with Crippen molar-refractivity contribution in [2.45, 2.75) is 45.8 Å². The molecule has 1 aliphatic heterocycles. The predicted molar refractivity (Wildman–Crippen MR) is 113 cm³/mol. The lowest BCUT2D eigenvalue weighted by atomic mass is 10.2. The van der Waals surface area contributed by atoms with Gasteiger partial charge in [0.05, 0.1) is 0 Å². The van der Waals surface area contributed by atoms with Crippen molar-refractivity contribution in [2.24, 2.45) is 0 Å². The summed E-state index contributed by atoms with van der Waals surface area (Å²) in [6, 6.07) is 19.0. The minimum absolute atomic E-state index is 0.625. The van der Waals surface area contributed by atoms with Crippen LogP contribution < -0.4 is 4.74 Å². The molecule has 27 heavy (non-hydrogen) atoms. The van der Waals surface area contributed by atoms with Crippen molar-refractivity contribution >= 4 is 0 Å². The van der Waals surface area contributed by atoms with Gasteiger partial charge in [-0.1, -0.05) is 62.2 Å². The summed E-state index contributed by atoms with van der Waals surface area (Å²) in [5.74, 6) is 0.945. The Hall–Kier alpha value is -1.84. The zero-order valence-electron chi connectivity index (χ0n) is 16.8. The lowest BCUT2D eigenvalue weighted by Gasteiger charge is -2.22. The molecule has 0 atom stereocenters. The van der Waals surface area contributed by atoms with E-state index in [-0.39, 0.29) is 0 Å². The molecule has 0 radical (unpaired) electrons. The molecule has 2 aromatic rings. The fourth-order valence-corrected chi connectivity index (χ4v) is 3.68. The normalized spacial score (nSPS) is 16.2. The standard InChI is InChI=1S/C24H34N2O/c1-2-3-7-15-25-16-8-17-26(19-18-25)20-22-11-13-24(14-12-22)27-21-23-9-5-4-6-10-23/h4-6,9-14H,2-3,7-8,15-21H2,1H3. The van der Waals surface area contributed by atoms with E-state index in [0.29, 0.717) is 6.61 Å². The fraction of sp³-hybridized carbons (Fsp3) is 0.500. The average molecular weight is 367 g/mol. The highest BCUT2D eigenvalue weighted by molar-refractivity contribution is 5.27. The van der Waals surface area contributed by atoms with Gasteiger partial charge < -0.3 is 9.64 Å². The summed E-state index contributed by atoms with van der Waals surface area (Å²) >= 11 is 0. The molecule has 2 aromatic carbocycles. The summed E-state index contributed by atoms with van der Waals surface area (Å²) in [5.41, 5.74) is 2.58. The first-order valence-electron chi connectivity index (χ1n) is 10.5. The highest BCUT2D eigenvalue weighted by Gasteiger charge is 2.14. The molecular weight excluding hydrogens is 332 g/mol. The van der Waals surface area contributed by atoms with Crippen LogP contribution in [0.1, 0.15) is 43.7 Å². The van der Waals surface area contributed by atoms with Gasteiger partial charge in [0.25, 0.3) is 0 Å². The van der Waals surface area contributed by atoms with Gasteiger partial charge in [-0.3, -0.25) is 4.90 Å². The van der Waals surface area contributed by atoms with Crippen molar-refractivity contribution in [2.75, 3.05) is 32.7 Å². The maximum atomic E-state index is 5.90. The number of hydrogen-bond donors (Lipinski definition) is 0. The molecule has 0 bridgehead atoms. The van der Waals surface area contributed by atoms with E-state index in [2.05, 4.69) is 53.1 Å². The minimum atomic E-state index is 0.625. The molecule has 146 valence electrons. The van der Waals surface area contributed by atoms with Gasteiger partial charge in [-0.15, -0.1) is 0 Å². The van der Waals surface area contributed by atoms with Crippen molar-refractivity contribution < 1.29 is 4.74 Å². The lowest BCUT2D eigenvalue weighted by Crippen LogP contribution is -2.31. The molecule has 0 N–H and O–H groups in total. The maximum Gasteiger partial charge on any atom is 0.119 e. The van der Waals surface area contributed by atoms with Crippen molar-refractivity contribution in [3.05, 3.63) is 65.7 Å². The molecular formula is C24H34N2O. The summed E-state index contributed by atoms with van der Waals surface area (Å²) in [5, 5.41) is 0. The molecule has 0 spiro atoms. The van der Waals surface area contributed by atoms with E-state index in [0.717, 1.165) is 12.3 Å². The van der Waals surface area contributed by atoms with Crippen LogP contribution in [0.25, 0.3) is 0 Å². The van der Waals surface area contributed by atoms with Gasteiger partial charge in [-0.05, 0) is 55.7 Å². The molecule has 3 heteroatoms. The van der Waals surface area contributed by atoms with E-state index in [9.17, 15) is 0 Å². The Kier molecular flexibility index (Phi) is 8.19. The van der Waals surface area contributed by atoms with Crippen LogP contribution in [0.5, 0.6) is 5.75 Å². The molecule has 0 aromatic heterocycles. The zero-order chi connectivity index (χ0) is 18.7. The van der Waals surface area contributed by atoms with Gasteiger partial charge in [-0.25, -0.2) is 0 Å². The summed E-state index contributed by atoms with van der Waals surface area (Å²) in [6.45, 7) is 10.1. The van der Waals surface area contributed by atoms with Crippen LogP contribution in [0.3, 0.4) is 0 Å². The highest BCUT2D eigenvalue weighted by Crippen LogP contribution is 2.16. The summed E-state index contributed by atoms with van der Waals surface area (Å²) in [7, 11) is 0. The summed E-state index contributed by atoms with van der Waals surface area (Å²) in [4.78, 5) is 5.25. The van der Waals surface area contributed by atoms with Crippen LogP contribution in [0.15, 0.2) is 54.6 Å². The Morgan fingerprint density at radius 1 is 0.778 bits per heavy atom. The SMILES string of the molecule is CCCCCN1CCCN(Cc2ccc(OCc3ccccc3)cc2)CC1. The Bertz CT molecular complexity index is 641. The van der Waals surface area contributed by atoms with Crippen LogP contribution in [0.4, 0.5) is 0 Å². The molecule has 1 heterocycles. The first kappa shape index (κ1) is 19.9. The van der Waals surface area contributed by atoms with Crippen molar-refractivity contribution in [3.63, 3.8) is 0 Å². The number of unbranched alkanes of at least 4 members (excludes halogenated alkanes) is 2. The number of rotatable bonds is 9. The van der Waals surface area contributed by atoms with E-state index >= 15 is 0 Å². The minimum Gasteiger partial charge on any atom is -0.489 e. The summed E-state index contributed by atoms with van der Waals surface area (Å²) < 4.78 is 5.90. The van der Waals surface area contributed by atoms with E-state index in [1.165, 1.54) is 69.5 Å². The van der Waals surface area contributed by atoms with E-state index < -0.39 is 0 Å². The zero-order valence-corrected chi connectivity index (χ0v) is 16.8. The molecule has 0 aliphatic carbocycles. The second kappa shape index (κ2) is 11.1. The molecule has 1 fully saturated rings. The highest BCUT2D eigenvalue weighted by atomic mass is 16.5. The largest absolute Gasteiger partial charge is 0.489 e. The molecule has 1 saturated heterocycles. The third-order valence-corrected chi connectivity index (χ3v) is 5.34. The maximum absolute atomic E-state index is 5.90. The lowest BCUT2D eigenvalue weighted by molar-refractivity contribution is 0.248. The quantitative estimate of drug-likeness (QED) is 0.583. The third-order valence-electron chi connectivity index (χ3n) is 5.34. The number of benzene rings is 2. The van der Waals surface area contributed by atoms with Crippen molar-refractivity contribution in [1.82, 2.24) is 9.80 Å². The summed E-state index contributed by atoms with van der Waals surface area (Å²) in [6.07, 6.45) is 5.30. The second-order valence-electron chi connectivity index (χ2n) is 7.60. The van der Waals surface area contributed by atoms with E-state index in [1.54, 1.807) is 0 Å². The topological polar surface area (TPSA) is 15.7 Å². The number of hydrogen-bond acceptors (Lipinski definition) is 3. The number of ether oxygens (including phenoxy) is 1. The fourth-order valence-electron chi connectivity index (χ4n) is 3.68. The van der Waals surface area contributed by atoms with Gasteiger partial charge in [0, 0.05) is 19.6 Å². The molecule has 0 unspecified atom stereocenters. The molecule has 0 amide bonds. The van der Waals surface area contributed by atoms with Crippen LogP contribution in [0, 0.1) is 0 Å². The molecule has 0 saturated carbocycles. The first-order valence-corrected chi connectivity index (χ1v) is 10.5. The third kappa shape index (κ3) is 7.00. The smallest absolute Gasteiger partial charge is 0.119 e. The van der Waals surface area contributed by atoms with Crippen LogP contribution >= 0.6 is 0 Å². The van der Waals surface area contributed by atoms with Gasteiger partial charge in [-0.2, -0.15) is 0 Å². The average Bonchev–Trinajstić information content (AvgIpc) is 2.94. The van der Waals surface area contributed by atoms with Gasteiger partial charge in [0.2, 0.25) is 0 Å². The van der Waals surface area contributed by atoms with Crippen molar-refractivity contribution in [3.8, 4) is 5.75 Å². The monoisotopic (exact) mass is 366 g/mol. The van der Waals surface area contributed by atoms with Crippen LogP contribution in [-0.2, 0) is 13.2 Å². The Labute approximate surface area is 164 Å². The molecule has 3 nitrogen and oxygen atoms in total. The Morgan fingerprint density at radius 3 is 2.30 bits per heavy atom. The predicted octanol–water partition coefficient (Wildman–Crippen LogP) is 4.96. The van der Waals surface area contributed by atoms with E-state index in [4.69, 9.17) is 4.74 Å². The van der Waals surface area contributed by atoms with Crippen LogP contribution in [0.2, 0.25) is 0 Å².